The first-order valence-corrected chi connectivity index (χ1v) is 10.8. The molecule has 156 valence electrons. The second kappa shape index (κ2) is 9.24. The van der Waals surface area contributed by atoms with Crippen molar-refractivity contribution in [2.45, 2.75) is 44.9 Å². The topological polar surface area (TPSA) is 110 Å². The van der Waals surface area contributed by atoms with Gasteiger partial charge in [0.1, 0.15) is 0 Å². The third kappa shape index (κ3) is 5.25. The van der Waals surface area contributed by atoms with E-state index in [1.54, 1.807) is 24.8 Å². The van der Waals surface area contributed by atoms with Crippen LogP contribution in [0.15, 0.2) is 24.8 Å². The number of nitrogen functional groups attached to an aromatic ring is 2. The Morgan fingerprint density at radius 3 is 1.34 bits per heavy atom. The SMILES string of the molecule is Nc1cnc(N2CCC(CCCC3CCN(c4ncc(N)cn4)CC3)CC2)nc1. The van der Waals surface area contributed by atoms with Crippen LogP contribution in [0.2, 0.25) is 0 Å². The highest BCUT2D eigenvalue weighted by molar-refractivity contribution is 5.39. The largest absolute Gasteiger partial charge is 0.396 e. The molecule has 0 spiro atoms. The number of aromatic nitrogens is 4. The Morgan fingerprint density at radius 2 is 1.00 bits per heavy atom. The molecule has 2 aromatic rings. The van der Waals surface area contributed by atoms with E-state index >= 15 is 0 Å². The van der Waals surface area contributed by atoms with Crippen molar-refractivity contribution in [3.63, 3.8) is 0 Å². The van der Waals surface area contributed by atoms with E-state index in [0.29, 0.717) is 11.4 Å². The summed E-state index contributed by atoms with van der Waals surface area (Å²) in [7, 11) is 0. The molecular weight excluding hydrogens is 364 g/mol. The summed E-state index contributed by atoms with van der Waals surface area (Å²) in [6, 6.07) is 0. The van der Waals surface area contributed by atoms with Crippen molar-refractivity contribution in [1.82, 2.24) is 19.9 Å². The van der Waals surface area contributed by atoms with Crippen molar-refractivity contribution >= 4 is 23.3 Å². The summed E-state index contributed by atoms with van der Waals surface area (Å²) < 4.78 is 0. The summed E-state index contributed by atoms with van der Waals surface area (Å²) in [5.41, 5.74) is 12.6. The fourth-order valence-corrected chi connectivity index (χ4v) is 4.53. The van der Waals surface area contributed by atoms with Gasteiger partial charge < -0.3 is 21.3 Å². The first-order chi connectivity index (χ1) is 14.2. The van der Waals surface area contributed by atoms with Gasteiger partial charge in [0.25, 0.3) is 0 Å². The van der Waals surface area contributed by atoms with Gasteiger partial charge in [-0.2, -0.15) is 0 Å². The summed E-state index contributed by atoms with van der Waals surface area (Å²) in [6.07, 6.45) is 15.8. The maximum atomic E-state index is 5.68. The molecule has 8 heteroatoms. The molecule has 0 atom stereocenters. The zero-order valence-corrected chi connectivity index (χ0v) is 17.1. The Morgan fingerprint density at radius 1 is 0.655 bits per heavy atom. The predicted octanol–water partition coefficient (Wildman–Crippen LogP) is 2.73. The van der Waals surface area contributed by atoms with Crippen LogP contribution in [-0.2, 0) is 0 Å². The van der Waals surface area contributed by atoms with Crippen LogP contribution >= 0.6 is 0 Å². The lowest BCUT2D eigenvalue weighted by atomic mass is 9.87. The molecule has 0 aromatic carbocycles. The molecule has 0 radical (unpaired) electrons. The molecule has 0 unspecified atom stereocenters. The molecule has 0 amide bonds. The summed E-state index contributed by atoms with van der Waals surface area (Å²) in [6.45, 7) is 4.20. The van der Waals surface area contributed by atoms with E-state index in [4.69, 9.17) is 11.5 Å². The van der Waals surface area contributed by atoms with E-state index in [0.717, 1.165) is 49.9 Å². The molecule has 29 heavy (non-hydrogen) atoms. The highest BCUT2D eigenvalue weighted by Crippen LogP contribution is 2.29. The fraction of sp³-hybridized carbons (Fsp3) is 0.619. The van der Waals surface area contributed by atoms with Crippen LogP contribution in [0.5, 0.6) is 0 Å². The van der Waals surface area contributed by atoms with E-state index in [2.05, 4.69) is 29.7 Å². The number of hydrogen-bond acceptors (Lipinski definition) is 8. The average molecular weight is 397 g/mol. The zero-order valence-electron chi connectivity index (χ0n) is 17.1. The van der Waals surface area contributed by atoms with Crippen molar-refractivity contribution in [2.75, 3.05) is 47.4 Å². The normalized spacial score (nSPS) is 18.9. The van der Waals surface area contributed by atoms with Gasteiger partial charge >= 0.3 is 0 Å². The number of nitrogens with zero attached hydrogens (tertiary/aromatic N) is 6. The standard InChI is InChI=1S/C21H32N8/c22-18-12-24-20(25-13-18)28-8-4-16(5-9-28)2-1-3-17-6-10-29(11-7-17)21-26-14-19(23)15-27-21/h12-17H,1-11,22-23H2. The Labute approximate surface area is 172 Å². The van der Waals surface area contributed by atoms with Crippen molar-refractivity contribution in [1.29, 1.82) is 0 Å². The third-order valence-electron chi connectivity index (χ3n) is 6.34. The molecule has 4 heterocycles. The van der Waals surface area contributed by atoms with Crippen molar-refractivity contribution in [3.05, 3.63) is 24.8 Å². The number of hydrogen-bond donors (Lipinski definition) is 2. The summed E-state index contributed by atoms with van der Waals surface area (Å²) in [5.74, 6) is 3.30. The monoisotopic (exact) mass is 396 g/mol. The predicted molar refractivity (Wildman–Crippen MR) is 117 cm³/mol. The highest BCUT2D eigenvalue weighted by Gasteiger charge is 2.23. The van der Waals surface area contributed by atoms with Gasteiger partial charge in [0.05, 0.1) is 36.2 Å². The van der Waals surface area contributed by atoms with Crippen LogP contribution < -0.4 is 21.3 Å². The molecule has 0 bridgehead atoms. The van der Waals surface area contributed by atoms with Gasteiger partial charge in [-0.15, -0.1) is 0 Å². The second-order valence-corrected chi connectivity index (χ2v) is 8.42. The number of rotatable bonds is 6. The molecule has 2 fully saturated rings. The lowest BCUT2D eigenvalue weighted by Crippen LogP contribution is -2.35. The average Bonchev–Trinajstić information content (AvgIpc) is 2.76. The quantitative estimate of drug-likeness (QED) is 0.767. The molecule has 0 aliphatic carbocycles. The van der Waals surface area contributed by atoms with E-state index in [9.17, 15) is 0 Å². The molecular formula is C21H32N8. The van der Waals surface area contributed by atoms with Crippen LogP contribution in [0.4, 0.5) is 23.3 Å². The second-order valence-electron chi connectivity index (χ2n) is 8.42. The van der Waals surface area contributed by atoms with Crippen molar-refractivity contribution in [2.24, 2.45) is 11.8 Å². The number of piperidine rings is 2. The van der Waals surface area contributed by atoms with E-state index in [1.807, 2.05) is 0 Å². The molecule has 0 saturated carbocycles. The molecule has 2 aliphatic heterocycles. The third-order valence-corrected chi connectivity index (χ3v) is 6.34. The van der Waals surface area contributed by atoms with Gasteiger partial charge in [-0.1, -0.05) is 19.3 Å². The minimum Gasteiger partial charge on any atom is -0.396 e. The van der Waals surface area contributed by atoms with E-state index < -0.39 is 0 Å². The minimum atomic E-state index is 0.621. The molecule has 2 aliphatic rings. The first-order valence-electron chi connectivity index (χ1n) is 10.8. The number of nitrogens with two attached hydrogens (primary N) is 2. The van der Waals surface area contributed by atoms with Gasteiger partial charge in [-0.05, 0) is 37.5 Å². The Balaban J connectivity index is 1.13. The molecule has 2 aromatic heterocycles. The van der Waals surface area contributed by atoms with Gasteiger partial charge in [0.2, 0.25) is 11.9 Å². The van der Waals surface area contributed by atoms with Crippen LogP contribution in [-0.4, -0.2) is 46.1 Å². The highest BCUT2D eigenvalue weighted by atomic mass is 15.3. The van der Waals surface area contributed by atoms with Gasteiger partial charge in [0, 0.05) is 26.2 Å². The van der Waals surface area contributed by atoms with E-state index in [1.165, 1.54) is 44.9 Å². The zero-order chi connectivity index (χ0) is 20.1. The van der Waals surface area contributed by atoms with Gasteiger partial charge in [0.15, 0.2) is 0 Å². The lowest BCUT2D eigenvalue weighted by molar-refractivity contribution is 0.323. The van der Waals surface area contributed by atoms with Crippen molar-refractivity contribution < 1.29 is 0 Å². The molecule has 8 nitrogen and oxygen atoms in total. The van der Waals surface area contributed by atoms with Crippen LogP contribution in [0.1, 0.15) is 44.9 Å². The smallest absolute Gasteiger partial charge is 0.225 e. The maximum absolute atomic E-state index is 5.68. The van der Waals surface area contributed by atoms with Crippen LogP contribution in [0, 0.1) is 11.8 Å². The van der Waals surface area contributed by atoms with E-state index in [-0.39, 0.29) is 0 Å². The Kier molecular flexibility index (Phi) is 6.27. The fourth-order valence-electron chi connectivity index (χ4n) is 4.53. The van der Waals surface area contributed by atoms with Gasteiger partial charge in [-0.25, -0.2) is 19.9 Å². The van der Waals surface area contributed by atoms with Crippen LogP contribution in [0.25, 0.3) is 0 Å². The van der Waals surface area contributed by atoms with Crippen LogP contribution in [0.3, 0.4) is 0 Å². The Hall–Kier alpha value is -2.64. The van der Waals surface area contributed by atoms with Crippen molar-refractivity contribution in [3.8, 4) is 0 Å². The first kappa shape index (κ1) is 19.7. The summed E-state index contributed by atoms with van der Waals surface area (Å²) in [5, 5.41) is 0. The number of anilines is 4. The maximum Gasteiger partial charge on any atom is 0.225 e. The molecule has 2 saturated heterocycles. The Bertz CT molecular complexity index is 682. The summed E-state index contributed by atoms with van der Waals surface area (Å²) in [4.78, 5) is 22.0. The molecule has 4 rings (SSSR count). The lowest BCUT2D eigenvalue weighted by Gasteiger charge is -2.33. The minimum absolute atomic E-state index is 0.621. The summed E-state index contributed by atoms with van der Waals surface area (Å²) >= 11 is 0. The molecule has 4 N–H and O–H groups in total. The van der Waals surface area contributed by atoms with Gasteiger partial charge in [-0.3, -0.25) is 0 Å².